The monoisotopic (exact) mass is 509 g/mol. The molecular weight excluding hydrogens is 477 g/mol. The zero-order valence-electron chi connectivity index (χ0n) is 20.9. The van der Waals surface area contributed by atoms with Crippen LogP contribution >= 0.6 is 0 Å². The Bertz CT molecular complexity index is 1390. The normalized spacial score (nSPS) is 18.2. The molecule has 1 N–H and O–H groups in total. The number of hydrogen-bond donors (Lipinski definition) is 1. The van der Waals surface area contributed by atoms with Gasteiger partial charge in [-0.3, -0.25) is 13.5 Å². The molecule has 0 bridgehead atoms. The summed E-state index contributed by atoms with van der Waals surface area (Å²) in [5, 5.41) is 8.17. The molecule has 10 heteroatoms. The fourth-order valence-electron chi connectivity index (χ4n) is 5.03. The number of hydrogen-bond acceptors (Lipinski definition) is 6. The third-order valence-electron chi connectivity index (χ3n) is 7.03. The van der Waals surface area contributed by atoms with Gasteiger partial charge in [0.05, 0.1) is 17.6 Å². The highest BCUT2D eigenvalue weighted by Crippen LogP contribution is 2.29. The van der Waals surface area contributed by atoms with Gasteiger partial charge in [0.25, 0.3) is 0 Å². The first kappa shape index (κ1) is 24.6. The fraction of sp³-hybridized carbons (Fsp3) is 0.423. The van der Waals surface area contributed by atoms with Crippen LogP contribution in [0, 0.1) is 5.82 Å². The number of likely N-dealkylation sites (N-methyl/N-ethyl adjacent to an activating group) is 1. The molecule has 36 heavy (non-hydrogen) atoms. The molecule has 1 aliphatic rings. The number of pyridine rings is 2. The van der Waals surface area contributed by atoms with Crippen molar-refractivity contribution < 1.29 is 8.60 Å². The highest BCUT2D eigenvalue weighted by atomic mass is 32.2. The van der Waals surface area contributed by atoms with Crippen LogP contribution in [0.15, 0.2) is 43.0 Å². The van der Waals surface area contributed by atoms with Crippen molar-refractivity contribution in [1.29, 1.82) is 0 Å². The van der Waals surface area contributed by atoms with Crippen molar-refractivity contribution in [2.75, 3.05) is 37.0 Å². The lowest BCUT2D eigenvalue weighted by Crippen LogP contribution is -2.41. The molecule has 5 rings (SSSR count). The summed E-state index contributed by atoms with van der Waals surface area (Å²) in [5.41, 5.74) is 4.23. The van der Waals surface area contributed by atoms with E-state index in [1.807, 2.05) is 25.5 Å². The molecule has 8 nitrogen and oxygen atoms in total. The maximum Gasteiger partial charge on any atom is 0.166 e. The van der Waals surface area contributed by atoms with Crippen LogP contribution in [0.3, 0.4) is 0 Å². The smallest absolute Gasteiger partial charge is 0.166 e. The minimum absolute atomic E-state index is 0.213. The van der Waals surface area contributed by atoms with Crippen molar-refractivity contribution in [3.63, 3.8) is 0 Å². The molecule has 0 amide bonds. The zero-order valence-corrected chi connectivity index (χ0v) is 21.8. The summed E-state index contributed by atoms with van der Waals surface area (Å²) in [7, 11) is 2.88. The Kier molecular flexibility index (Phi) is 7.15. The Morgan fingerprint density at radius 1 is 1.22 bits per heavy atom. The lowest BCUT2D eigenvalue weighted by molar-refractivity contribution is 0.196. The lowest BCUT2D eigenvalue weighted by atomic mass is 10.1. The minimum Gasteiger partial charge on any atom is -0.371 e. The number of aromatic nitrogens is 5. The van der Waals surface area contributed by atoms with E-state index >= 15 is 0 Å². The number of anilines is 1. The molecule has 0 radical (unpaired) electrons. The molecule has 0 aromatic carbocycles. The van der Waals surface area contributed by atoms with Crippen LogP contribution in [0.1, 0.15) is 25.3 Å². The molecule has 0 unspecified atom stereocenters. The molecule has 1 saturated heterocycles. The number of aryl methyl sites for hydroxylation is 1. The molecule has 1 fully saturated rings. The Morgan fingerprint density at radius 3 is 2.69 bits per heavy atom. The van der Waals surface area contributed by atoms with E-state index in [0.717, 1.165) is 60.6 Å². The second-order valence-electron chi connectivity index (χ2n) is 9.23. The summed E-state index contributed by atoms with van der Waals surface area (Å²) in [6, 6.07) is 5.96. The van der Waals surface area contributed by atoms with Crippen molar-refractivity contribution in [3.05, 3.63) is 54.4 Å². The van der Waals surface area contributed by atoms with E-state index in [2.05, 4.69) is 44.1 Å². The first-order valence-electron chi connectivity index (χ1n) is 12.4. The van der Waals surface area contributed by atoms with Crippen LogP contribution in [0.25, 0.3) is 28.0 Å². The van der Waals surface area contributed by atoms with Crippen LogP contribution < -0.4 is 5.32 Å². The zero-order chi connectivity index (χ0) is 25.2. The second-order valence-corrected chi connectivity index (χ2v) is 10.9. The lowest BCUT2D eigenvalue weighted by Gasteiger charge is -2.33. The summed E-state index contributed by atoms with van der Waals surface area (Å²) in [6.45, 7) is 4.11. The molecule has 4 aromatic heterocycles. The number of rotatable bonds is 8. The van der Waals surface area contributed by atoms with Gasteiger partial charge in [-0.25, -0.2) is 14.4 Å². The minimum atomic E-state index is -0.653. The molecular formula is C26H32FN7OS. The average molecular weight is 510 g/mol. The van der Waals surface area contributed by atoms with Crippen LogP contribution in [0.4, 0.5) is 10.2 Å². The maximum atomic E-state index is 14.4. The second kappa shape index (κ2) is 10.5. The third-order valence-corrected chi connectivity index (χ3v) is 8.41. The summed E-state index contributed by atoms with van der Waals surface area (Å²) in [4.78, 5) is 11.6. The Hall–Kier alpha value is -3.11. The van der Waals surface area contributed by atoms with Crippen molar-refractivity contribution >= 4 is 27.7 Å². The predicted molar refractivity (Wildman–Crippen MR) is 142 cm³/mol. The van der Waals surface area contributed by atoms with E-state index in [-0.39, 0.29) is 5.82 Å². The number of nitrogens with zero attached hydrogens (tertiary/aromatic N) is 6. The van der Waals surface area contributed by atoms with Gasteiger partial charge in [-0.2, -0.15) is 5.10 Å². The first-order chi connectivity index (χ1) is 17.5. The van der Waals surface area contributed by atoms with Crippen molar-refractivity contribution in [3.8, 4) is 16.9 Å². The molecule has 1 aliphatic heterocycles. The first-order valence-corrected chi connectivity index (χ1v) is 13.9. The molecule has 0 aliphatic carbocycles. The molecule has 0 atom stereocenters. The molecule has 0 saturated carbocycles. The van der Waals surface area contributed by atoms with E-state index in [1.54, 1.807) is 17.9 Å². The Balaban J connectivity index is 1.49. The largest absolute Gasteiger partial charge is 0.371 e. The average Bonchev–Trinajstić information content (AvgIpc) is 3.48. The molecule has 4 aromatic rings. The third kappa shape index (κ3) is 4.92. The van der Waals surface area contributed by atoms with Gasteiger partial charge in [0.1, 0.15) is 5.65 Å². The van der Waals surface area contributed by atoms with Crippen LogP contribution in [-0.2, 0) is 24.3 Å². The van der Waals surface area contributed by atoms with E-state index in [9.17, 15) is 8.60 Å². The number of fused-ring (bicyclic) bond motifs is 1. The van der Waals surface area contributed by atoms with Gasteiger partial charge < -0.3 is 10.2 Å². The number of halogens is 1. The van der Waals surface area contributed by atoms with Gasteiger partial charge >= 0.3 is 0 Å². The SMILES string of the molecule is CCN(CCc1cn(-c2cnn(C)c2)c2nc(-c3cnc(NC)c(F)c3)ccc12)C1CCS(=O)CC1. The quantitative estimate of drug-likeness (QED) is 0.389. The van der Waals surface area contributed by atoms with Crippen LogP contribution in [0.5, 0.6) is 0 Å². The standard InChI is InChI=1S/C26H32FN7OS/c1-4-33(20-8-11-36(35)12-9-20)10-7-18-16-34(21-15-30-32(3)17-21)26-22(18)5-6-24(31-26)19-13-23(27)25(28-2)29-14-19/h5-6,13-17,20H,4,7-12H2,1-3H3,(H,28,29). The topological polar surface area (TPSA) is 80.9 Å². The summed E-state index contributed by atoms with van der Waals surface area (Å²) >= 11 is 0. The van der Waals surface area contributed by atoms with Crippen LogP contribution in [0.2, 0.25) is 0 Å². The van der Waals surface area contributed by atoms with Gasteiger partial charge in [0.15, 0.2) is 11.6 Å². The van der Waals surface area contributed by atoms with Gasteiger partial charge in [0.2, 0.25) is 0 Å². The highest BCUT2D eigenvalue weighted by molar-refractivity contribution is 7.85. The highest BCUT2D eigenvalue weighted by Gasteiger charge is 2.23. The summed E-state index contributed by atoms with van der Waals surface area (Å²) < 4.78 is 30.0. The van der Waals surface area contributed by atoms with Gasteiger partial charge in [-0.05, 0) is 49.6 Å². The van der Waals surface area contributed by atoms with E-state index < -0.39 is 16.6 Å². The maximum absolute atomic E-state index is 14.4. The Labute approximate surface area is 213 Å². The predicted octanol–water partition coefficient (Wildman–Crippen LogP) is 3.78. The van der Waals surface area contributed by atoms with E-state index in [4.69, 9.17) is 4.98 Å². The molecule has 190 valence electrons. The van der Waals surface area contributed by atoms with E-state index in [0.29, 0.717) is 17.3 Å². The molecule has 5 heterocycles. The number of nitrogens with one attached hydrogen (secondary N) is 1. The van der Waals surface area contributed by atoms with Crippen molar-refractivity contribution in [1.82, 2.24) is 29.2 Å². The summed E-state index contributed by atoms with van der Waals surface area (Å²) in [5.74, 6) is 1.41. The van der Waals surface area contributed by atoms with Gasteiger partial charge in [-0.1, -0.05) is 6.92 Å². The van der Waals surface area contributed by atoms with Gasteiger partial charge in [-0.15, -0.1) is 0 Å². The molecule has 0 spiro atoms. The van der Waals surface area contributed by atoms with Crippen molar-refractivity contribution in [2.45, 2.75) is 32.2 Å². The van der Waals surface area contributed by atoms with Crippen molar-refractivity contribution in [2.24, 2.45) is 7.05 Å². The van der Waals surface area contributed by atoms with E-state index in [1.165, 1.54) is 11.6 Å². The van der Waals surface area contributed by atoms with Crippen LogP contribution in [-0.4, -0.2) is 71.1 Å². The fourth-order valence-corrected chi connectivity index (χ4v) is 6.30. The summed E-state index contributed by atoms with van der Waals surface area (Å²) in [6.07, 6.45) is 10.4. The Morgan fingerprint density at radius 2 is 2.03 bits per heavy atom. The van der Waals surface area contributed by atoms with Gasteiger partial charge in [0, 0.05) is 78.5 Å².